The predicted molar refractivity (Wildman–Crippen MR) is 88.5 cm³/mol. The van der Waals surface area contributed by atoms with Crippen LogP contribution in [0, 0.1) is 5.92 Å². The third kappa shape index (κ3) is 4.29. The van der Waals surface area contributed by atoms with Crippen molar-refractivity contribution in [3.63, 3.8) is 0 Å². The molecule has 1 aromatic carbocycles. The van der Waals surface area contributed by atoms with Crippen LogP contribution in [0.3, 0.4) is 0 Å². The maximum absolute atomic E-state index is 12.3. The number of fused-ring (bicyclic) bond motifs is 1. The molecular formula is C18H22N2O5. The SMILES string of the molecule is C[C@@H]1C[C@@H]2OC(=O)N[C@H]2CCC(=O)NC(c2ccccc2)COC1=O. The minimum absolute atomic E-state index is 0.0745. The number of nitrogens with one attached hydrogen (secondary N) is 2. The Morgan fingerprint density at radius 1 is 1.08 bits per heavy atom. The highest BCUT2D eigenvalue weighted by molar-refractivity contribution is 5.77. The van der Waals surface area contributed by atoms with E-state index in [1.54, 1.807) is 6.92 Å². The van der Waals surface area contributed by atoms with Gasteiger partial charge in [0, 0.05) is 6.42 Å². The normalized spacial score (nSPS) is 30.7. The summed E-state index contributed by atoms with van der Waals surface area (Å²) in [4.78, 5) is 36.1. The molecule has 134 valence electrons. The molecule has 1 aromatic rings. The lowest BCUT2D eigenvalue weighted by Crippen LogP contribution is -2.38. The molecule has 1 unspecified atom stereocenters. The van der Waals surface area contributed by atoms with Gasteiger partial charge in [-0.2, -0.15) is 0 Å². The van der Waals surface area contributed by atoms with E-state index >= 15 is 0 Å². The van der Waals surface area contributed by atoms with E-state index in [0.29, 0.717) is 12.8 Å². The molecule has 0 bridgehead atoms. The van der Waals surface area contributed by atoms with Gasteiger partial charge in [0.15, 0.2) is 0 Å². The average molecular weight is 346 g/mol. The summed E-state index contributed by atoms with van der Waals surface area (Å²) < 4.78 is 10.6. The summed E-state index contributed by atoms with van der Waals surface area (Å²) in [5.74, 6) is -0.914. The van der Waals surface area contributed by atoms with Crippen molar-refractivity contribution in [3.8, 4) is 0 Å². The summed E-state index contributed by atoms with van der Waals surface area (Å²) in [6.45, 7) is 1.83. The first-order valence-corrected chi connectivity index (χ1v) is 8.51. The van der Waals surface area contributed by atoms with Gasteiger partial charge >= 0.3 is 12.1 Å². The number of hydrogen-bond donors (Lipinski definition) is 2. The third-order valence-corrected chi connectivity index (χ3v) is 4.61. The average Bonchev–Trinajstić information content (AvgIpc) is 2.95. The summed E-state index contributed by atoms with van der Waals surface area (Å²) in [5, 5.41) is 5.62. The number of alkyl carbamates (subject to hydrolysis) is 1. The topological polar surface area (TPSA) is 93.7 Å². The fourth-order valence-corrected chi connectivity index (χ4v) is 3.18. The fourth-order valence-electron chi connectivity index (χ4n) is 3.18. The first-order valence-electron chi connectivity index (χ1n) is 8.51. The number of hydrogen-bond acceptors (Lipinski definition) is 5. The molecule has 0 saturated carbocycles. The van der Waals surface area contributed by atoms with E-state index in [1.165, 1.54) is 0 Å². The van der Waals surface area contributed by atoms with Crippen LogP contribution < -0.4 is 10.6 Å². The van der Waals surface area contributed by atoms with Crippen molar-refractivity contribution in [2.24, 2.45) is 5.92 Å². The molecule has 3 rings (SSSR count). The molecule has 2 heterocycles. The number of amides is 2. The van der Waals surface area contributed by atoms with Gasteiger partial charge in [-0.3, -0.25) is 9.59 Å². The van der Waals surface area contributed by atoms with Crippen LogP contribution in [0.4, 0.5) is 4.79 Å². The molecule has 0 aromatic heterocycles. The Morgan fingerprint density at radius 3 is 2.60 bits per heavy atom. The molecule has 0 spiro atoms. The lowest BCUT2D eigenvalue weighted by Gasteiger charge is -2.24. The third-order valence-electron chi connectivity index (χ3n) is 4.61. The Kier molecular flexibility index (Phi) is 5.21. The van der Waals surface area contributed by atoms with E-state index in [-0.39, 0.29) is 30.9 Å². The van der Waals surface area contributed by atoms with Gasteiger partial charge in [0.2, 0.25) is 5.91 Å². The number of benzene rings is 1. The smallest absolute Gasteiger partial charge is 0.407 e. The van der Waals surface area contributed by atoms with E-state index in [4.69, 9.17) is 9.47 Å². The molecule has 2 fully saturated rings. The maximum Gasteiger partial charge on any atom is 0.407 e. The van der Waals surface area contributed by atoms with Crippen LogP contribution in [0.5, 0.6) is 0 Å². The summed E-state index contributed by atoms with van der Waals surface area (Å²) in [7, 11) is 0. The van der Waals surface area contributed by atoms with Crippen LogP contribution in [0.2, 0.25) is 0 Å². The van der Waals surface area contributed by atoms with Gasteiger partial charge in [0.25, 0.3) is 0 Å². The Balaban J connectivity index is 1.76. The van der Waals surface area contributed by atoms with Crippen molar-refractivity contribution in [2.75, 3.05) is 6.61 Å². The van der Waals surface area contributed by atoms with E-state index in [1.807, 2.05) is 30.3 Å². The number of ether oxygens (including phenoxy) is 2. The summed E-state index contributed by atoms with van der Waals surface area (Å²) >= 11 is 0. The van der Waals surface area contributed by atoms with Crippen LogP contribution in [0.25, 0.3) is 0 Å². The van der Waals surface area contributed by atoms with Crippen LogP contribution in [0.1, 0.15) is 37.8 Å². The zero-order valence-electron chi connectivity index (χ0n) is 14.1. The van der Waals surface area contributed by atoms with Crippen LogP contribution in [-0.2, 0) is 19.1 Å². The van der Waals surface area contributed by atoms with Gasteiger partial charge in [0.05, 0.1) is 18.0 Å². The number of cyclic esters (lactones) is 1. The number of carbonyl (C=O) groups is 3. The van der Waals surface area contributed by atoms with Crippen molar-refractivity contribution < 1.29 is 23.9 Å². The van der Waals surface area contributed by atoms with Crippen LogP contribution >= 0.6 is 0 Å². The van der Waals surface area contributed by atoms with Crippen LogP contribution in [0.15, 0.2) is 30.3 Å². The van der Waals surface area contributed by atoms with Gasteiger partial charge in [0.1, 0.15) is 12.7 Å². The lowest BCUT2D eigenvalue weighted by atomic mass is 9.96. The zero-order chi connectivity index (χ0) is 17.8. The van der Waals surface area contributed by atoms with Gasteiger partial charge in [-0.1, -0.05) is 37.3 Å². The van der Waals surface area contributed by atoms with Gasteiger partial charge in [-0.15, -0.1) is 0 Å². The maximum atomic E-state index is 12.3. The summed E-state index contributed by atoms with van der Waals surface area (Å²) in [6.07, 6.45) is 0.169. The highest BCUT2D eigenvalue weighted by Crippen LogP contribution is 2.23. The number of rotatable bonds is 1. The summed E-state index contributed by atoms with van der Waals surface area (Å²) in [5.41, 5.74) is 0.878. The molecule has 2 N–H and O–H groups in total. The van der Waals surface area contributed by atoms with E-state index in [2.05, 4.69) is 10.6 Å². The van der Waals surface area contributed by atoms with E-state index < -0.39 is 24.2 Å². The molecule has 7 nitrogen and oxygen atoms in total. The van der Waals surface area contributed by atoms with Crippen LogP contribution in [-0.4, -0.2) is 36.7 Å². The van der Waals surface area contributed by atoms with Gasteiger partial charge in [-0.25, -0.2) is 4.79 Å². The second-order valence-electron chi connectivity index (χ2n) is 6.53. The molecule has 2 aliphatic rings. The van der Waals surface area contributed by atoms with Gasteiger partial charge < -0.3 is 20.1 Å². The second-order valence-corrected chi connectivity index (χ2v) is 6.53. The quantitative estimate of drug-likeness (QED) is 0.755. The van der Waals surface area contributed by atoms with Crippen molar-refractivity contribution in [2.45, 2.75) is 44.4 Å². The minimum atomic E-state index is -0.506. The first-order chi connectivity index (χ1) is 12.0. The largest absolute Gasteiger partial charge is 0.463 e. The lowest BCUT2D eigenvalue weighted by molar-refractivity contribution is -0.150. The molecule has 7 heteroatoms. The van der Waals surface area contributed by atoms with Crippen molar-refractivity contribution in [1.29, 1.82) is 0 Å². The van der Waals surface area contributed by atoms with Crippen molar-refractivity contribution >= 4 is 18.0 Å². The molecule has 4 atom stereocenters. The molecule has 25 heavy (non-hydrogen) atoms. The summed E-state index contributed by atoms with van der Waals surface area (Å²) in [6, 6.07) is 8.73. The van der Waals surface area contributed by atoms with Gasteiger partial charge in [-0.05, 0) is 18.4 Å². The predicted octanol–water partition coefficient (Wildman–Crippen LogP) is 1.68. The Hall–Kier alpha value is -2.57. The number of esters is 1. The van der Waals surface area contributed by atoms with E-state index in [0.717, 1.165) is 5.56 Å². The highest BCUT2D eigenvalue weighted by Gasteiger charge is 2.37. The standard InChI is InChI=1S/C18H22N2O5/c1-11-9-15-13(20-18(23)25-15)7-8-16(21)19-14(10-24-17(11)22)12-5-3-2-4-6-12/h2-6,11,13-15H,7-10H2,1H3,(H,19,21)(H,20,23)/t11-,13+,14?,15+/m1/s1. The Morgan fingerprint density at radius 2 is 1.84 bits per heavy atom. The molecule has 2 saturated heterocycles. The highest BCUT2D eigenvalue weighted by atomic mass is 16.6. The molecule has 0 aliphatic carbocycles. The second kappa shape index (κ2) is 7.55. The Labute approximate surface area is 146 Å². The van der Waals surface area contributed by atoms with Crippen molar-refractivity contribution in [1.82, 2.24) is 10.6 Å². The molecular weight excluding hydrogens is 324 g/mol. The molecule has 2 amide bonds. The fraction of sp³-hybridized carbons (Fsp3) is 0.500. The molecule has 0 radical (unpaired) electrons. The monoisotopic (exact) mass is 346 g/mol. The van der Waals surface area contributed by atoms with E-state index in [9.17, 15) is 14.4 Å². The zero-order valence-corrected chi connectivity index (χ0v) is 14.1. The first kappa shape index (κ1) is 17.3. The minimum Gasteiger partial charge on any atom is -0.463 e. The number of carbonyl (C=O) groups excluding carboxylic acids is 3. The molecule has 2 aliphatic heterocycles. The van der Waals surface area contributed by atoms with Crippen molar-refractivity contribution in [3.05, 3.63) is 35.9 Å². The Bertz CT molecular complexity index is 648.